The fraction of sp³-hybridized carbons (Fsp3) is 0.250. The first-order valence-corrected chi connectivity index (χ1v) is 7.99. The molecule has 0 saturated carbocycles. The number of benzene rings is 2. The lowest BCUT2D eigenvalue weighted by molar-refractivity contribution is -0.128. The molecular weight excluding hydrogens is 304 g/mol. The van der Waals surface area contributed by atoms with Crippen molar-refractivity contribution in [1.82, 2.24) is 0 Å². The van der Waals surface area contributed by atoms with Crippen LogP contribution in [0.1, 0.15) is 25.0 Å². The second kappa shape index (κ2) is 8.77. The third-order valence-corrected chi connectivity index (χ3v) is 3.28. The summed E-state index contributed by atoms with van der Waals surface area (Å²) in [5.74, 6) is 1.50. The fourth-order valence-electron chi connectivity index (χ4n) is 2.15. The maximum atomic E-state index is 12.0. The van der Waals surface area contributed by atoms with Crippen molar-refractivity contribution >= 4 is 12.0 Å². The molecule has 4 heteroatoms. The Kier molecular flexibility index (Phi) is 6.43. The van der Waals surface area contributed by atoms with Crippen LogP contribution in [0.5, 0.6) is 17.2 Å². The van der Waals surface area contributed by atoms with Crippen molar-refractivity contribution < 1.29 is 19.0 Å². The number of para-hydroxylation sites is 1. The molecule has 0 amide bonds. The van der Waals surface area contributed by atoms with E-state index in [2.05, 4.69) is 0 Å². The molecule has 0 atom stereocenters. The smallest absolute Gasteiger partial charge is 0.336 e. The highest BCUT2D eigenvalue weighted by Crippen LogP contribution is 2.29. The molecule has 2 rings (SSSR count). The molecule has 0 aliphatic rings. The Bertz CT molecular complexity index is 719. The van der Waals surface area contributed by atoms with Crippen LogP contribution >= 0.6 is 0 Å². The van der Waals surface area contributed by atoms with Crippen molar-refractivity contribution in [1.29, 1.82) is 0 Å². The van der Waals surface area contributed by atoms with Gasteiger partial charge < -0.3 is 14.2 Å². The van der Waals surface area contributed by atoms with Crippen LogP contribution in [0.4, 0.5) is 0 Å². The summed E-state index contributed by atoms with van der Waals surface area (Å²) in [7, 11) is 0. The van der Waals surface area contributed by atoms with Gasteiger partial charge in [-0.2, -0.15) is 0 Å². The topological polar surface area (TPSA) is 44.8 Å². The SMILES string of the molecule is CCOc1ccc(C=CC(=O)Oc2ccccc2C)cc1OCC. The minimum Gasteiger partial charge on any atom is -0.490 e. The summed E-state index contributed by atoms with van der Waals surface area (Å²) in [5, 5.41) is 0. The van der Waals surface area contributed by atoms with Gasteiger partial charge in [0.25, 0.3) is 0 Å². The number of hydrogen-bond acceptors (Lipinski definition) is 4. The number of esters is 1. The highest BCUT2D eigenvalue weighted by atomic mass is 16.5. The number of ether oxygens (including phenoxy) is 3. The van der Waals surface area contributed by atoms with Crippen molar-refractivity contribution in [3.8, 4) is 17.2 Å². The van der Waals surface area contributed by atoms with Gasteiger partial charge in [0, 0.05) is 6.08 Å². The molecule has 0 aliphatic carbocycles. The van der Waals surface area contributed by atoms with Crippen molar-refractivity contribution in [2.24, 2.45) is 0 Å². The molecule has 0 N–H and O–H groups in total. The molecule has 0 fully saturated rings. The lowest BCUT2D eigenvalue weighted by Crippen LogP contribution is -2.04. The molecule has 4 nitrogen and oxygen atoms in total. The van der Waals surface area contributed by atoms with Crippen LogP contribution in [0, 0.1) is 6.92 Å². The molecule has 2 aromatic rings. The molecule has 0 saturated heterocycles. The number of carbonyl (C=O) groups excluding carboxylic acids is 1. The molecule has 126 valence electrons. The summed E-state index contributed by atoms with van der Waals surface area (Å²) in [4.78, 5) is 12.0. The van der Waals surface area contributed by atoms with E-state index in [0.717, 1.165) is 11.1 Å². The second-order valence-corrected chi connectivity index (χ2v) is 5.09. The first-order chi connectivity index (χ1) is 11.6. The summed E-state index contributed by atoms with van der Waals surface area (Å²) in [6, 6.07) is 12.9. The van der Waals surface area contributed by atoms with E-state index in [4.69, 9.17) is 14.2 Å². The molecule has 0 bridgehead atoms. The van der Waals surface area contributed by atoms with E-state index in [1.54, 1.807) is 12.1 Å². The molecule has 0 spiro atoms. The Balaban J connectivity index is 2.09. The minimum absolute atomic E-state index is 0.420. The highest BCUT2D eigenvalue weighted by Gasteiger charge is 2.06. The quantitative estimate of drug-likeness (QED) is 0.429. The Labute approximate surface area is 142 Å². The summed E-state index contributed by atoms with van der Waals surface area (Å²) < 4.78 is 16.4. The summed E-state index contributed by atoms with van der Waals surface area (Å²) in [6.07, 6.45) is 3.09. The standard InChI is InChI=1S/C20H22O4/c1-4-22-18-12-10-16(14-19(18)23-5-2)11-13-20(21)24-17-9-7-6-8-15(17)3/h6-14H,4-5H2,1-3H3. The van der Waals surface area contributed by atoms with E-state index in [1.807, 2.05) is 57.2 Å². The van der Waals surface area contributed by atoms with Crippen molar-refractivity contribution in [2.75, 3.05) is 13.2 Å². The first kappa shape index (κ1) is 17.6. The second-order valence-electron chi connectivity index (χ2n) is 5.09. The van der Waals surface area contributed by atoms with Crippen LogP contribution in [0.2, 0.25) is 0 Å². The largest absolute Gasteiger partial charge is 0.490 e. The van der Waals surface area contributed by atoms with Crippen LogP contribution in [-0.2, 0) is 4.79 Å². The maximum Gasteiger partial charge on any atom is 0.336 e. The Morgan fingerprint density at radius 3 is 2.38 bits per heavy atom. The third-order valence-electron chi connectivity index (χ3n) is 3.28. The molecule has 0 unspecified atom stereocenters. The lowest BCUT2D eigenvalue weighted by atomic mass is 10.2. The number of hydrogen-bond donors (Lipinski definition) is 0. The maximum absolute atomic E-state index is 12.0. The zero-order valence-corrected chi connectivity index (χ0v) is 14.2. The van der Waals surface area contributed by atoms with Gasteiger partial charge in [-0.1, -0.05) is 24.3 Å². The van der Waals surface area contributed by atoms with Crippen molar-refractivity contribution in [2.45, 2.75) is 20.8 Å². The van der Waals surface area contributed by atoms with Gasteiger partial charge in [-0.05, 0) is 56.2 Å². The van der Waals surface area contributed by atoms with Crippen LogP contribution in [0.3, 0.4) is 0 Å². The average molecular weight is 326 g/mol. The van der Waals surface area contributed by atoms with Gasteiger partial charge in [0.05, 0.1) is 13.2 Å². The van der Waals surface area contributed by atoms with Gasteiger partial charge >= 0.3 is 5.97 Å². The Morgan fingerprint density at radius 1 is 0.958 bits per heavy atom. The van der Waals surface area contributed by atoms with Gasteiger partial charge in [-0.15, -0.1) is 0 Å². The normalized spacial score (nSPS) is 10.6. The van der Waals surface area contributed by atoms with Gasteiger partial charge in [-0.3, -0.25) is 0 Å². The van der Waals surface area contributed by atoms with Gasteiger partial charge in [0.1, 0.15) is 5.75 Å². The summed E-state index contributed by atoms with van der Waals surface area (Å²) in [5.41, 5.74) is 1.75. The van der Waals surface area contributed by atoms with E-state index in [0.29, 0.717) is 30.5 Å². The molecule has 0 aromatic heterocycles. The van der Waals surface area contributed by atoms with Crippen LogP contribution in [-0.4, -0.2) is 19.2 Å². The van der Waals surface area contributed by atoms with Crippen molar-refractivity contribution in [3.63, 3.8) is 0 Å². The minimum atomic E-state index is -0.420. The highest BCUT2D eigenvalue weighted by molar-refractivity contribution is 5.89. The Hall–Kier alpha value is -2.75. The van der Waals surface area contributed by atoms with Gasteiger partial charge in [0.15, 0.2) is 11.5 Å². The lowest BCUT2D eigenvalue weighted by Gasteiger charge is -2.11. The van der Waals surface area contributed by atoms with E-state index in [-0.39, 0.29) is 0 Å². The number of carbonyl (C=O) groups is 1. The van der Waals surface area contributed by atoms with Crippen molar-refractivity contribution in [3.05, 3.63) is 59.7 Å². The van der Waals surface area contributed by atoms with Crippen LogP contribution in [0.15, 0.2) is 48.5 Å². The van der Waals surface area contributed by atoms with Gasteiger partial charge in [-0.25, -0.2) is 4.79 Å². The van der Waals surface area contributed by atoms with E-state index < -0.39 is 5.97 Å². The fourth-order valence-corrected chi connectivity index (χ4v) is 2.15. The van der Waals surface area contributed by atoms with Crippen LogP contribution < -0.4 is 14.2 Å². The predicted molar refractivity (Wildman–Crippen MR) is 94.6 cm³/mol. The molecule has 0 heterocycles. The Morgan fingerprint density at radius 2 is 1.67 bits per heavy atom. The van der Waals surface area contributed by atoms with Gasteiger partial charge in [0.2, 0.25) is 0 Å². The van der Waals surface area contributed by atoms with E-state index in [9.17, 15) is 4.79 Å². The zero-order valence-electron chi connectivity index (χ0n) is 14.2. The molecule has 24 heavy (non-hydrogen) atoms. The number of aryl methyl sites for hydroxylation is 1. The summed E-state index contributed by atoms with van der Waals surface area (Å²) >= 11 is 0. The average Bonchev–Trinajstić information content (AvgIpc) is 2.57. The molecule has 0 radical (unpaired) electrons. The van der Waals surface area contributed by atoms with Crippen LogP contribution in [0.25, 0.3) is 6.08 Å². The zero-order chi connectivity index (χ0) is 17.4. The van der Waals surface area contributed by atoms with E-state index >= 15 is 0 Å². The predicted octanol–water partition coefficient (Wildman–Crippen LogP) is 4.41. The third kappa shape index (κ3) is 4.88. The molecule has 0 aliphatic heterocycles. The number of rotatable bonds is 7. The van der Waals surface area contributed by atoms with E-state index in [1.165, 1.54) is 6.08 Å². The summed E-state index contributed by atoms with van der Waals surface area (Å²) in [6.45, 7) is 6.84. The monoisotopic (exact) mass is 326 g/mol. The molecular formula is C20H22O4. The molecule has 2 aromatic carbocycles. The first-order valence-electron chi connectivity index (χ1n) is 7.99.